The van der Waals surface area contributed by atoms with E-state index < -0.39 is 12.0 Å². The van der Waals surface area contributed by atoms with E-state index in [1.54, 1.807) is 24.3 Å². The molecular weight excluding hydrogens is 220 g/mol. The van der Waals surface area contributed by atoms with E-state index in [2.05, 4.69) is 10.6 Å². The molecule has 0 saturated carbocycles. The molecule has 0 aliphatic carbocycles. The summed E-state index contributed by atoms with van der Waals surface area (Å²) in [5.74, 6) is -0.977. The standard InChI is InChI=1S/C12H14N2O3/c15-10-6-9(7-13-10)14-11(12(16)17)8-4-2-1-3-5-8/h1-5,9,11,14H,6-7H2,(H,13,15)(H,16,17). The number of carbonyl (C=O) groups excluding carboxylic acids is 1. The minimum absolute atomic E-state index is 0.0419. The van der Waals surface area contributed by atoms with Crippen molar-refractivity contribution in [1.29, 1.82) is 0 Å². The highest BCUT2D eigenvalue weighted by atomic mass is 16.4. The van der Waals surface area contributed by atoms with Gasteiger partial charge < -0.3 is 10.4 Å². The molecule has 5 heteroatoms. The number of rotatable bonds is 4. The molecule has 90 valence electrons. The molecule has 0 radical (unpaired) electrons. The molecule has 1 amide bonds. The van der Waals surface area contributed by atoms with Crippen molar-refractivity contribution in [2.45, 2.75) is 18.5 Å². The van der Waals surface area contributed by atoms with E-state index >= 15 is 0 Å². The number of carbonyl (C=O) groups is 2. The Morgan fingerprint density at radius 1 is 1.41 bits per heavy atom. The maximum Gasteiger partial charge on any atom is 0.325 e. The van der Waals surface area contributed by atoms with Gasteiger partial charge in [-0.1, -0.05) is 30.3 Å². The first kappa shape index (κ1) is 11.6. The Hall–Kier alpha value is -1.88. The average Bonchev–Trinajstić information content (AvgIpc) is 2.73. The molecule has 1 aliphatic rings. The third-order valence-corrected chi connectivity index (χ3v) is 2.76. The van der Waals surface area contributed by atoms with Gasteiger partial charge >= 0.3 is 5.97 Å². The summed E-state index contributed by atoms with van der Waals surface area (Å²) in [5.41, 5.74) is 0.694. The summed E-state index contributed by atoms with van der Waals surface area (Å²) in [6.45, 7) is 0.482. The van der Waals surface area contributed by atoms with Crippen molar-refractivity contribution in [1.82, 2.24) is 10.6 Å². The molecule has 2 unspecified atom stereocenters. The molecule has 3 N–H and O–H groups in total. The van der Waals surface area contributed by atoms with Gasteiger partial charge in [-0.3, -0.25) is 14.9 Å². The van der Waals surface area contributed by atoms with Crippen LogP contribution in [0.15, 0.2) is 30.3 Å². The topological polar surface area (TPSA) is 78.4 Å². The summed E-state index contributed by atoms with van der Waals surface area (Å²) in [7, 11) is 0. The predicted octanol–water partition coefficient (Wildman–Crippen LogP) is 0.290. The molecular formula is C12H14N2O3. The molecule has 2 rings (SSSR count). The Morgan fingerprint density at radius 3 is 2.65 bits per heavy atom. The molecule has 1 aromatic carbocycles. The van der Waals surface area contributed by atoms with Crippen LogP contribution >= 0.6 is 0 Å². The van der Waals surface area contributed by atoms with Crippen LogP contribution in [0.1, 0.15) is 18.0 Å². The molecule has 5 nitrogen and oxygen atoms in total. The van der Waals surface area contributed by atoms with E-state index in [-0.39, 0.29) is 11.9 Å². The van der Waals surface area contributed by atoms with Crippen LogP contribution in [0.4, 0.5) is 0 Å². The molecule has 1 heterocycles. The van der Waals surface area contributed by atoms with Crippen LogP contribution < -0.4 is 10.6 Å². The molecule has 1 fully saturated rings. The van der Waals surface area contributed by atoms with Crippen LogP contribution in [0.2, 0.25) is 0 Å². The summed E-state index contributed by atoms with van der Waals surface area (Å²) in [5, 5.41) is 14.8. The van der Waals surface area contributed by atoms with Crippen molar-refractivity contribution in [3.05, 3.63) is 35.9 Å². The first-order valence-electron chi connectivity index (χ1n) is 5.47. The lowest BCUT2D eigenvalue weighted by Gasteiger charge is -2.18. The summed E-state index contributed by atoms with van der Waals surface area (Å²) >= 11 is 0. The van der Waals surface area contributed by atoms with Gasteiger partial charge in [0.05, 0.1) is 0 Å². The summed E-state index contributed by atoms with van der Waals surface area (Å²) in [4.78, 5) is 22.2. The van der Waals surface area contributed by atoms with Gasteiger partial charge in [0.25, 0.3) is 0 Å². The maximum atomic E-state index is 11.2. The van der Waals surface area contributed by atoms with Gasteiger partial charge in [0.15, 0.2) is 0 Å². The second-order valence-corrected chi connectivity index (χ2v) is 4.05. The van der Waals surface area contributed by atoms with E-state index in [1.165, 1.54) is 0 Å². The first-order chi connectivity index (χ1) is 8.16. The number of hydrogen-bond donors (Lipinski definition) is 3. The molecule has 0 spiro atoms. The SMILES string of the molecule is O=C1CC(NC(C(=O)O)c2ccccc2)CN1. The van der Waals surface area contributed by atoms with Crippen molar-refractivity contribution >= 4 is 11.9 Å². The van der Waals surface area contributed by atoms with Crippen molar-refractivity contribution in [3.63, 3.8) is 0 Å². The van der Waals surface area contributed by atoms with Crippen molar-refractivity contribution in [2.75, 3.05) is 6.54 Å². The second kappa shape index (κ2) is 4.97. The highest BCUT2D eigenvalue weighted by Gasteiger charge is 2.27. The van der Waals surface area contributed by atoms with Gasteiger partial charge in [0, 0.05) is 19.0 Å². The number of carboxylic acids is 1. The smallest absolute Gasteiger partial charge is 0.325 e. The normalized spacial score (nSPS) is 20.9. The van der Waals surface area contributed by atoms with Crippen LogP contribution in [0, 0.1) is 0 Å². The van der Waals surface area contributed by atoms with Gasteiger partial charge in [-0.05, 0) is 5.56 Å². The van der Waals surface area contributed by atoms with Crippen LogP contribution in [0.25, 0.3) is 0 Å². The van der Waals surface area contributed by atoms with E-state index in [0.717, 1.165) is 0 Å². The fourth-order valence-electron chi connectivity index (χ4n) is 1.91. The third-order valence-electron chi connectivity index (χ3n) is 2.76. The Kier molecular flexibility index (Phi) is 3.39. The number of nitrogens with one attached hydrogen (secondary N) is 2. The summed E-state index contributed by atoms with van der Waals surface area (Å²) < 4.78 is 0. The van der Waals surface area contributed by atoms with Crippen LogP contribution in [0.5, 0.6) is 0 Å². The number of benzene rings is 1. The first-order valence-corrected chi connectivity index (χ1v) is 5.47. The lowest BCUT2D eigenvalue weighted by Crippen LogP contribution is -2.38. The van der Waals surface area contributed by atoms with Gasteiger partial charge in [0.2, 0.25) is 5.91 Å². The maximum absolute atomic E-state index is 11.2. The lowest BCUT2D eigenvalue weighted by atomic mass is 10.1. The Labute approximate surface area is 98.8 Å². The van der Waals surface area contributed by atoms with Crippen LogP contribution in [0.3, 0.4) is 0 Å². The van der Waals surface area contributed by atoms with Gasteiger partial charge in [0.1, 0.15) is 6.04 Å². The van der Waals surface area contributed by atoms with E-state index in [9.17, 15) is 14.7 Å². The zero-order valence-corrected chi connectivity index (χ0v) is 9.22. The molecule has 17 heavy (non-hydrogen) atoms. The molecule has 1 aliphatic heterocycles. The zero-order chi connectivity index (χ0) is 12.3. The van der Waals surface area contributed by atoms with E-state index in [4.69, 9.17) is 0 Å². The summed E-state index contributed by atoms with van der Waals surface area (Å²) in [6, 6.07) is 8.06. The highest BCUT2D eigenvalue weighted by molar-refractivity contribution is 5.79. The highest BCUT2D eigenvalue weighted by Crippen LogP contribution is 2.15. The summed E-state index contributed by atoms with van der Waals surface area (Å²) in [6.07, 6.45) is 0.330. The Balaban J connectivity index is 2.08. The largest absolute Gasteiger partial charge is 0.480 e. The molecule has 1 saturated heterocycles. The molecule has 0 bridgehead atoms. The van der Waals surface area contributed by atoms with Gasteiger partial charge in [-0.2, -0.15) is 0 Å². The molecule has 1 aromatic rings. The fourth-order valence-corrected chi connectivity index (χ4v) is 1.91. The molecule has 2 atom stereocenters. The Bertz CT molecular complexity index is 419. The Morgan fingerprint density at radius 2 is 2.12 bits per heavy atom. The lowest BCUT2D eigenvalue weighted by molar-refractivity contribution is -0.140. The number of amides is 1. The van der Waals surface area contributed by atoms with E-state index in [0.29, 0.717) is 18.5 Å². The number of aliphatic carboxylic acids is 1. The predicted molar refractivity (Wildman–Crippen MR) is 61.4 cm³/mol. The average molecular weight is 234 g/mol. The fraction of sp³-hybridized carbons (Fsp3) is 0.333. The minimum atomic E-state index is -0.935. The zero-order valence-electron chi connectivity index (χ0n) is 9.22. The minimum Gasteiger partial charge on any atom is -0.480 e. The van der Waals surface area contributed by atoms with Gasteiger partial charge in [-0.25, -0.2) is 0 Å². The van der Waals surface area contributed by atoms with Crippen molar-refractivity contribution < 1.29 is 14.7 Å². The monoisotopic (exact) mass is 234 g/mol. The second-order valence-electron chi connectivity index (χ2n) is 4.05. The number of hydrogen-bond acceptors (Lipinski definition) is 3. The van der Waals surface area contributed by atoms with E-state index in [1.807, 2.05) is 6.07 Å². The van der Waals surface area contributed by atoms with Crippen LogP contribution in [-0.2, 0) is 9.59 Å². The quantitative estimate of drug-likeness (QED) is 0.699. The number of carboxylic acid groups (broad SMARTS) is 1. The van der Waals surface area contributed by atoms with Crippen molar-refractivity contribution in [2.24, 2.45) is 0 Å². The van der Waals surface area contributed by atoms with Gasteiger partial charge in [-0.15, -0.1) is 0 Å². The van der Waals surface area contributed by atoms with Crippen molar-refractivity contribution in [3.8, 4) is 0 Å². The third kappa shape index (κ3) is 2.82. The van der Waals surface area contributed by atoms with Crippen LogP contribution in [-0.4, -0.2) is 29.6 Å². The molecule has 0 aromatic heterocycles.